The summed E-state index contributed by atoms with van der Waals surface area (Å²) in [6.45, 7) is 10.6. The van der Waals surface area contributed by atoms with Gasteiger partial charge in [0.25, 0.3) is 0 Å². The fraction of sp³-hybridized carbons (Fsp3) is 0.889. The van der Waals surface area contributed by atoms with Crippen molar-refractivity contribution < 1.29 is 20.1 Å². The van der Waals surface area contributed by atoms with Gasteiger partial charge in [-0.25, -0.2) is 0 Å². The molecule has 3 fully saturated rings. The standard InChI is InChI=1S/C27H44O4/c1-16(2)12-18(29)15-27(5,31)24-7-6-20-19-14-23(30)22-13-17(28)8-10-25(22,3)21(19)9-11-26(20,24)4/h9,16-17,19-20,22-24,28,30-31H,6-8,10-15H2,1-5H3/t17-,19?,20?,22+,23-,24-,25+,26-,27?/m0/s1. The zero-order chi connectivity index (χ0) is 22.8. The van der Waals surface area contributed by atoms with Crippen LogP contribution in [0.1, 0.15) is 92.4 Å². The van der Waals surface area contributed by atoms with E-state index in [4.69, 9.17) is 0 Å². The first-order valence-corrected chi connectivity index (χ1v) is 12.7. The predicted octanol–water partition coefficient (Wildman–Crippen LogP) is 4.65. The molecular weight excluding hydrogens is 388 g/mol. The molecule has 3 saturated carbocycles. The molecule has 4 nitrogen and oxygen atoms in total. The second kappa shape index (κ2) is 7.95. The molecule has 0 spiro atoms. The summed E-state index contributed by atoms with van der Waals surface area (Å²) < 4.78 is 0. The highest BCUT2D eigenvalue weighted by Crippen LogP contribution is 2.66. The van der Waals surface area contributed by atoms with E-state index in [1.807, 2.05) is 6.92 Å². The molecule has 9 atom stereocenters. The third-order valence-corrected chi connectivity index (χ3v) is 9.96. The quantitative estimate of drug-likeness (QED) is 0.553. The Morgan fingerprint density at radius 1 is 1.16 bits per heavy atom. The fourth-order valence-electron chi connectivity index (χ4n) is 8.62. The number of carbonyl (C=O) groups is 1. The van der Waals surface area contributed by atoms with Crippen molar-refractivity contribution >= 4 is 5.78 Å². The van der Waals surface area contributed by atoms with E-state index in [2.05, 4.69) is 33.8 Å². The van der Waals surface area contributed by atoms with Gasteiger partial charge in [-0.2, -0.15) is 0 Å². The van der Waals surface area contributed by atoms with Gasteiger partial charge in [-0.05, 0) is 92.3 Å². The van der Waals surface area contributed by atoms with Crippen LogP contribution in [0.3, 0.4) is 0 Å². The van der Waals surface area contributed by atoms with E-state index in [1.165, 1.54) is 5.57 Å². The van der Waals surface area contributed by atoms with Crippen LogP contribution in [0.4, 0.5) is 0 Å². The van der Waals surface area contributed by atoms with E-state index in [1.54, 1.807) is 0 Å². The summed E-state index contributed by atoms with van der Waals surface area (Å²) in [5.74, 6) is 1.55. The Bertz CT molecular complexity index is 740. The number of hydrogen-bond acceptors (Lipinski definition) is 4. The molecule has 0 aliphatic heterocycles. The minimum absolute atomic E-state index is 0.0171. The van der Waals surface area contributed by atoms with Gasteiger partial charge in [0.15, 0.2) is 0 Å². The molecule has 4 aliphatic carbocycles. The van der Waals surface area contributed by atoms with Gasteiger partial charge >= 0.3 is 0 Å². The largest absolute Gasteiger partial charge is 0.393 e. The zero-order valence-corrected chi connectivity index (χ0v) is 20.2. The van der Waals surface area contributed by atoms with Gasteiger partial charge < -0.3 is 15.3 Å². The van der Waals surface area contributed by atoms with Gasteiger partial charge in [0.1, 0.15) is 5.78 Å². The molecule has 4 heteroatoms. The summed E-state index contributed by atoms with van der Waals surface area (Å²) in [5.41, 5.74) is 0.493. The molecule has 0 aromatic carbocycles. The Kier molecular flexibility index (Phi) is 6.02. The van der Waals surface area contributed by atoms with E-state index in [-0.39, 0.29) is 47.1 Å². The maximum atomic E-state index is 12.6. The minimum atomic E-state index is -0.977. The molecule has 0 saturated heterocycles. The summed E-state index contributed by atoms with van der Waals surface area (Å²) in [6, 6.07) is 0. The second-order valence-electron chi connectivity index (χ2n) is 12.6. The number of fused-ring (bicyclic) bond motifs is 5. The van der Waals surface area contributed by atoms with Gasteiger partial charge in [-0.15, -0.1) is 0 Å². The molecular formula is C27H44O4. The highest BCUT2D eigenvalue weighted by molar-refractivity contribution is 5.79. The molecule has 31 heavy (non-hydrogen) atoms. The summed E-state index contributed by atoms with van der Waals surface area (Å²) in [6.07, 6.45) is 8.81. The topological polar surface area (TPSA) is 77.8 Å². The van der Waals surface area contributed by atoms with E-state index < -0.39 is 5.60 Å². The van der Waals surface area contributed by atoms with Crippen LogP contribution in [-0.2, 0) is 4.79 Å². The smallest absolute Gasteiger partial charge is 0.136 e. The van der Waals surface area contributed by atoms with Crippen LogP contribution in [-0.4, -0.2) is 38.9 Å². The summed E-state index contributed by atoms with van der Waals surface area (Å²) >= 11 is 0. The van der Waals surface area contributed by atoms with E-state index >= 15 is 0 Å². The molecule has 3 unspecified atom stereocenters. The molecule has 176 valence electrons. The number of carbonyl (C=O) groups excluding carboxylic acids is 1. The van der Waals surface area contributed by atoms with Gasteiger partial charge in [-0.3, -0.25) is 4.79 Å². The van der Waals surface area contributed by atoms with E-state index in [9.17, 15) is 20.1 Å². The van der Waals surface area contributed by atoms with Crippen molar-refractivity contribution in [2.24, 2.45) is 40.4 Å². The number of aliphatic hydroxyl groups is 3. The molecule has 4 rings (SSSR count). The molecule has 0 heterocycles. The predicted molar refractivity (Wildman–Crippen MR) is 122 cm³/mol. The molecule has 4 aliphatic rings. The van der Waals surface area contributed by atoms with Crippen molar-refractivity contribution in [3.05, 3.63) is 11.6 Å². The van der Waals surface area contributed by atoms with Crippen LogP contribution in [0.5, 0.6) is 0 Å². The van der Waals surface area contributed by atoms with E-state index in [0.717, 1.165) is 38.5 Å². The number of Topliss-reactive ketones (excluding diaryl/α,β-unsaturated/α-hetero) is 1. The fourth-order valence-corrected chi connectivity index (χ4v) is 8.62. The van der Waals surface area contributed by atoms with Gasteiger partial charge in [0.2, 0.25) is 0 Å². The molecule has 0 bridgehead atoms. The Morgan fingerprint density at radius 3 is 2.55 bits per heavy atom. The van der Waals surface area contributed by atoms with Crippen molar-refractivity contribution in [3.8, 4) is 0 Å². The molecule has 0 aromatic heterocycles. The maximum Gasteiger partial charge on any atom is 0.136 e. The van der Waals surface area contributed by atoms with Gasteiger partial charge in [-0.1, -0.05) is 39.3 Å². The van der Waals surface area contributed by atoms with Crippen molar-refractivity contribution in [2.45, 2.75) is 110 Å². The van der Waals surface area contributed by atoms with Crippen LogP contribution in [0, 0.1) is 40.4 Å². The first-order chi connectivity index (χ1) is 14.4. The van der Waals surface area contributed by atoms with Crippen molar-refractivity contribution in [1.29, 1.82) is 0 Å². The normalized spacial score (nSPS) is 46.5. The lowest BCUT2D eigenvalue weighted by atomic mass is 9.47. The lowest BCUT2D eigenvalue weighted by Gasteiger charge is -2.58. The van der Waals surface area contributed by atoms with Crippen molar-refractivity contribution in [3.63, 3.8) is 0 Å². The minimum Gasteiger partial charge on any atom is -0.393 e. The first kappa shape index (κ1) is 23.4. The van der Waals surface area contributed by atoms with Crippen LogP contribution >= 0.6 is 0 Å². The Balaban J connectivity index is 1.60. The summed E-state index contributed by atoms with van der Waals surface area (Å²) in [7, 11) is 0. The highest BCUT2D eigenvalue weighted by Gasteiger charge is 2.61. The van der Waals surface area contributed by atoms with Crippen LogP contribution in [0.25, 0.3) is 0 Å². The zero-order valence-electron chi connectivity index (χ0n) is 20.2. The van der Waals surface area contributed by atoms with Crippen LogP contribution in [0.2, 0.25) is 0 Å². The second-order valence-corrected chi connectivity index (χ2v) is 12.6. The lowest BCUT2D eigenvalue weighted by molar-refractivity contribution is -0.131. The number of rotatable bonds is 5. The molecule has 0 amide bonds. The van der Waals surface area contributed by atoms with Crippen LogP contribution < -0.4 is 0 Å². The van der Waals surface area contributed by atoms with Crippen LogP contribution in [0.15, 0.2) is 11.6 Å². The van der Waals surface area contributed by atoms with Gasteiger partial charge in [0, 0.05) is 12.8 Å². The molecule has 3 N–H and O–H groups in total. The highest BCUT2D eigenvalue weighted by atomic mass is 16.3. The SMILES string of the molecule is CC(C)CC(=O)CC(C)(O)[C@H]1CCC2C3C[C@H](O)[C@H]4C[C@@H](O)CC[C@]4(C)C3=CC[C@@]21C. The van der Waals surface area contributed by atoms with E-state index in [0.29, 0.717) is 30.6 Å². The Labute approximate surface area is 188 Å². The number of ketones is 1. The lowest BCUT2D eigenvalue weighted by Crippen LogP contribution is -2.54. The third-order valence-electron chi connectivity index (χ3n) is 9.96. The van der Waals surface area contributed by atoms with Crippen molar-refractivity contribution in [1.82, 2.24) is 0 Å². The average molecular weight is 433 g/mol. The number of hydrogen-bond donors (Lipinski definition) is 3. The Morgan fingerprint density at radius 2 is 1.87 bits per heavy atom. The summed E-state index contributed by atoms with van der Waals surface area (Å²) in [5, 5.41) is 32.9. The third kappa shape index (κ3) is 3.85. The molecule has 0 aromatic rings. The van der Waals surface area contributed by atoms with Gasteiger partial charge in [0.05, 0.1) is 17.8 Å². The number of allylic oxidation sites excluding steroid dienone is 2. The monoisotopic (exact) mass is 432 g/mol. The Hall–Kier alpha value is -0.710. The first-order valence-electron chi connectivity index (χ1n) is 12.7. The maximum absolute atomic E-state index is 12.6. The van der Waals surface area contributed by atoms with Crippen molar-refractivity contribution in [2.75, 3.05) is 0 Å². The molecule has 0 radical (unpaired) electrons. The average Bonchev–Trinajstić information content (AvgIpc) is 3.00. The number of aliphatic hydroxyl groups excluding tert-OH is 2. The summed E-state index contributed by atoms with van der Waals surface area (Å²) in [4.78, 5) is 12.6.